The van der Waals surface area contributed by atoms with Gasteiger partial charge in [-0.2, -0.15) is 0 Å². The molecule has 3 heteroatoms. The summed E-state index contributed by atoms with van der Waals surface area (Å²) >= 11 is 6.52. The molecule has 2 rings (SSSR count). The van der Waals surface area contributed by atoms with Crippen molar-refractivity contribution in [3.05, 3.63) is 0 Å². The molecule has 2 nitrogen and oxygen atoms in total. The minimum atomic E-state index is -0.187. The van der Waals surface area contributed by atoms with Crippen LogP contribution in [-0.2, 0) is 9.53 Å². The Hall–Kier alpha value is -0.240. The van der Waals surface area contributed by atoms with Crippen molar-refractivity contribution in [1.29, 1.82) is 0 Å². The fourth-order valence-corrected chi connectivity index (χ4v) is 4.66. The van der Waals surface area contributed by atoms with E-state index in [1.54, 1.807) is 0 Å². The van der Waals surface area contributed by atoms with E-state index in [-0.39, 0.29) is 16.8 Å². The Morgan fingerprint density at radius 2 is 2.19 bits per heavy atom. The number of ether oxygens (including phenoxy) is 1. The van der Waals surface area contributed by atoms with Gasteiger partial charge in [-0.25, -0.2) is 0 Å². The first kappa shape index (κ1) is 12.2. The van der Waals surface area contributed by atoms with Crippen LogP contribution in [0, 0.1) is 16.7 Å². The zero-order valence-electron chi connectivity index (χ0n) is 10.4. The summed E-state index contributed by atoms with van der Waals surface area (Å²) in [5.74, 6) is 0.570. The Balaban J connectivity index is 2.07. The molecule has 2 aliphatic rings. The molecule has 0 unspecified atom stereocenters. The van der Waals surface area contributed by atoms with E-state index in [0.29, 0.717) is 12.0 Å². The Labute approximate surface area is 103 Å². The molecule has 16 heavy (non-hydrogen) atoms. The SMILES string of the molecule is CC(=O)OCC[C@]12CC[C@@H](C[C@@H]1Cl)C2(C)C. The van der Waals surface area contributed by atoms with E-state index in [9.17, 15) is 4.79 Å². The van der Waals surface area contributed by atoms with Crippen molar-refractivity contribution >= 4 is 17.6 Å². The van der Waals surface area contributed by atoms with Crippen molar-refractivity contribution in [2.24, 2.45) is 16.7 Å². The van der Waals surface area contributed by atoms with Crippen LogP contribution in [0.1, 0.15) is 46.5 Å². The molecule has 92 valence electrons. The molecule has 0 aromatic rings. The minimum absolute atomic E-state index is 0.187. The molecule has 2 bridgehead atoms. The van der Waals surface area contributed by atoms with Gasteiger partial charge in [-0.05, 0) is 42.4 Å². The zero-order chi connectivity index (χ0) is 12.0. The van der Waals surface area contributed by atoms with Crippen LogP contribution >= 0.6 is 11.6 Å². The molecule has 2 fully saturated rings. The average Bonchev–Trinajstić information content (AvgIpc) is 2.50. The van der Waals surface area contributed by atoms with E-state index in [4.69, 9.17) is 16.3 Å². The van der Waals surface area contributed by atoms with Crippen molar-refractivity contribution in [3.8, 4) is 0 Å². The van der Waals surface area contributed by atoms with Crippen LogP contribution in [0.15, 0.2) is 0 Å². The lowest BCUT2D eigenvalue weighted by atomic mass is 9.67. The first-order chi connectivity index (χ1) is 7.40. The third-order valence-electron chi connectivity index (χ3n) is 5.19. The normalized spacial score (nSPS) is 40.0. The van der Waals surface area contributed by atoms with E-state index in [1.165, 1.54) is 19.8 Å². The highest BCUT2D eigenvalue weighted by atomic mass is 35.5. The number of hydrogen-bond acceptors (Lipinski definition) is 2. The molecule has 0 aliphatic heterocycles. The van der Waals surface area contributed by atoms with Crippen molar-refractivity contribution in [3.63, 3.8) is 0 Å². The van der Waals surface area contributed by atoms with Crippen molar-refractivity contribution in [1.82, 2.24) is 0 Å². The standard InChI is InChI=1S/C13H21ClO2/c1-9(15)16-7-6-13-5-4-10(8-11(13)14)12(13,2)3/h10-11H,4-8H2,1-3H3/t10-,11-,13+/m0/s1. The van der Waals surface area contributed by atoms with Gasteiger partial charge in [0.15, 0.2) is 0 Å². The number of carbonyl (C=O) groups is 1. The smallest absolute Gasteiger partial charge is 0.302 e. The first-order valence-corrected chi connectivity index (χ1v) is 6.61. The minimum Gasteiger partial charge on any atom is -0.466 e. The number of carbonyl (C=O) groups excluding carboxylic acids is 1. The van der Waals surface area contributed by atoms with Crippen LogP contribution < -0.4 is 0 Å². The molecule has 0 heterocycles. The second-order valence-corrected chi connectivity index (χ2v) is 6.43. The van der Waals surface area contributed by atoms with E-state index in [0.717, 1.165) is 18.8 Å². The number of esters is 1. The van der Waals surface area contributed by atoms with Gasteiger partial charge < -0.3 is 4.74 Å². The fourth-order valence-electron chi connectivity index (χ4n) is 3.95. The Morgan fingerprint density at radius 1 is 1.50 bits per heavy atom. The van der Waals surface area contributed by atoms with E-state index >= 15 is 0 Å². The Kier molecular flexibility index (Phi) is 2.98. The van der Waals surface area contributed by atoms with Gasteiger partial charge >= 0.3 is 5.97 Å². The summed E-state index contributed by atoms with van der Waals surface area (Å²) in [5, 5.41) is 0.261. The molecule has 0 aromatic heterocycles. The number of halogens is 1. The van der Waals surface area contributed by atoms with Crippen LogP contribution in [0.3, 0.4) is 0 Å². The van der Waals surface area contributed by atoms with Gasteiger partial charge in [0.05, 0.1) is 6.61 Å². The van der Waals surface area contributed by atoms with E-state index in [1.807, 2.05) is 0 Å². The molecule has 2 aliphatic carbocycles. The largest absolute Gasteiger partial charge is 0.466 e. The highest BCUT2D eigenvalue weighted by molar-refractivity contribution is 6.21. The van der Waals surface area contributed by atoms with Gasteiger partial charge in [0.2, 0.25) is 0 Å². The highest BCUT2D eigenvalue weighted by Crippen LogP contribution is 2.68. The van der Waals surface area contributed by atoms with Gasteiger partial charge in [-0.1, -0.05) is 13.8 Å². The monoisotopic (exact) mass is 244 g/mol. The number of hydrogen-bond donors (Lipinski definition) is 0. The molecular weight excluding hydrogens is 224 g/mol. The van der Waals surface area contributed by atoms with Gasteiger partial charge in [0.1, 0.15) is 0 Å². The lowest BCUT2D eigenvalue weighted by Crippen LogP contribution is -2.37. The number of fused-ring (bicyclic) bond motifs is 2. The van der Waals surface area contributed by atoms with Crippen LogP contribution in [0.2, 0.25) is 0 Å². The van der Waals surface area contributed by atoms with Crippen LogP contribution in [0.25, 0.3) is 0 Å². The molecule has 0 radical (unpaired) electrons. The summed E-state index contributed by atoms with van der Waals surface area (Å²) < 4.78 is 5.09. The molecule has 0 aromatic carbocycles. The van der Waals surface area contributed by atoms with Gasteiger partial charge in [0.25, 0.3) is 0 Å². The van der Waals surface area contributed by atoms with E-state index < -0.39 is 0 Å². The predicted octanol–water partition coefficient (Wildman–Crippen LogP) is 3.37. The Morgan fingerprint density at radius 3 is 2.62 bits per heavy atom. The molecule has 0 saturated heterocycles. The average molecular weight is 245 g/mol. The molecular formula is C13H21ClO2. The summed E-state index contributed by atoms with van der Waals surface area (Å²) in [6, 6.07) is 0. The molecule has 2 saturated carbocycles. The second-order valence-electron chi connectivity index (χ2n) is 5.91. The third kappa shape index (κ3) is 1.57. The van der Waals surface area contributed by atoms with Crippen molar-refractivity contribution < 1.29 is 9.53 Å². The van der Waals surface area contributed by atoms with Gasteiger partial charge in [-0.15, -0.1) is 11.6 Å². The van der Waals surface area contributed by atoms with Crippen LogP contribution in [0.5, 0.6) is 0 Å². The maximum atomic E-state index is 10.8. The second kappa shape index (κ2) is 3.90. The molecule has 3 atom stereocenters. The maximum absolute atomic E-state index is 10.8. The zero-order valence-corrected chi connectivity index (χ0v) is 11.1. The third-order valence-corrected chi connectivity index (χ3v) is 5.78. The molecule has 0 amide bonds. The quantitative estimate of drug-likeness (QED) is 0.562. The van der Waals surface area contributed by atoms with Crippen LogP contribution in [-0.4, -0.2) is 18.0 Å². The van der Waals surface area contributed by atoms with Gasteiger partial charge in [0, 0.05) is 12.3 Å². The first-order valence-electron chi connectivity index (χ1n) is 6.17. The summed E-state index contributed by atoms with van der Waals surface area (Å²) in [4.78, 5) is 10.8. The summed E-state index contributed by atoms with van der Waals surface area (Å²) in [6.45, 7) is 6.66. The Bertz CT molecular complexity index is 300. The van der Waals surface area contributed by atoms with Crippen molar-refractivity contribution in [2.75, 3.05) is 6.61 Å². The predicted molar refractivity (Wildman–Crippen MR) is 64.4 cm³/mol. The summed E-state index contributed by atoms with van der Waals surface area (Å²) in [5.41, 5.74) is 0.494. The fraction of sp³-hybridized carbons (Fsp3) is 0.923. The number of alkyl halides is 1. The van der Waals surface area contributed by atoms with Gasteiger partial charge in [-0.3, -0.25) is 4.79 Å². The maximum Gasteiger partial charge on any atom is 0.302 e. The summed E-state index contributed by atoms with van der Waals surface area (Å²) in [6.07, 6.45) is 4.54. The van der Waals surface area contributed by atoms with E-state index in [2.05, 4.69) is 13.8 Å². The molecule has 0 spiro atoms. The lowest BCUT2D eigenvalue weighted by molar-refractivity contribution is -0.142. The topological polar surface area (TPSA) is 26.3 Å². The highest BCUT2D eigenvalue weighted by Gasteiger charge is 2.63. The van der Waals surface area contributed by atoms with Crippen LogP contribution in [0.4, 0.5) is 0 Å². The summed E-state index contributed by atoms with van der Waals surface area (Å²) in [7, 11) is 0. The number of rotatable bonds is 3. The lowest BCUT2D eigenvalue weighted by Gasteiger charge is -2.40. The van der Waals surface area contributed by atoms with Crippen molar-refractivity contribution in [2.45, 2.75) is 51.8 Å². The molecule has 0 N–H and O–H groups in total.